The topological polar surface area (TPSA) is 91.0 Å². The quantitative estimate of drug-likeness (QED) is 0.624. The Hall–Kier alpha value is -3.30. The number of piperidine rings is 1. The van der Waals surface area contributed by atoms with Gasteiger partial charge in [0.25, 0.3) is 5.91 Å². The van der Waals surface area contributed by atoms with Crippen molar-refractivity contribution >= 4 is 23.4 Å². The summed E-state index contributed by atoms with van der Waals surface area (Å²) in [6.45, 7) is -0.0246. The van der Waals surface area contributed by atoms with Crippen LogP contribution in [0, 0.1) is 5.82 Å². The SMILES string of the molecule is [2H]C([2H])(Nc1cccc2c1CN([C@@]1([2H])C(=O)NC(=O)C([2H])([2H])C1([2H])[2H])C2=O)c1ccc(CN2CCOCC2)cc1F. The van der Waals surface area contributed by atoms with Gasteiger partial charge in [-0.3, -0.25) is 24.6 Å². The Morgan fingerprint density at radius 3 is 2.85 bits per heavy atom. The van der Waals surface area contributed by atoms with Crippen LogP contribution in [0.2, 0.25) is 0 Å². The third-order valence-corrected chi connectivity index (χ3v) is 5.85. The zero-order valence-corrected chi connectivity index (χ0v) is 18.1. The smallest absolute Gasteiger partial charge is 0.255 e. The van der Waals surface area contributed by atoms with Gasteiger partial charge in [0, 0.05) is 66.9 Å². The van der Waals surface area contributed by atoms with Crippen molar-refractivity contribution in [1.82, 2.24) is 15.1 Å². The number of carbonyl (C=O) groups is 3. The van der Waals surface area contributed by atoms with Crippen molar-refractivity contribution in [3.8, 4) is 0 Å². The van der Waals surface area contributed by atoms with Crippen molar-refractivity contribution in [1.29, 1.82) is 0 Å². The number of hydrogen-bond donors (Lipinski definition) is 2. The van der Waals surface area contributed by atoms with E-state index < -0.39 is 55.3 Å². The van der Waals surface area contributed by atoms with E-state index in [1.165, 1.54) is 30.3 Å². The molecule has 8 nitrogen and oxygen atoms in total. The second-order valence-corrected chi connectivity index (χ2v) is 8.06. The molecule has 2 saturated heterocycles. The van der Waals surface area contributed by atoms with Crippen molar-refractivity contribution in [2.24, 2.45) is 0 Å². The van der Waals surface area contributed by atoms with Crippen LogP contribution in [0.3, 0.4) is 0 Å². The standard InChI is InChI=1S/C25H27FN4O4/c26-20-12-16(14-29-8-10-34-11-9-29)4-5-17(20)13-27-21-3-1-2-18-19(21)15-30(25(18)33)22-6-7-23(31)28-24(22)32/h1-5,12,22,27H,6-11,13-15H2,(H,28,31,32)/t22-/m1/s1/i6D2,7D2,13D2,22D. The molecule has 5 rings (SSSR count). The number of nitrogens with zero attached hydrogens (tertiary/aromatic N) is 2. The molecule has 0 saturated carbocycles. The average molecular weight is 474 g/mol. The Kier molecular flexibility index (Phi) is 4.36. The molecular weight excluding hydrogens is 439 g/mol. The predicted molar refractivity (Wildman–Crippen MR) is 122 cm³/mol. The number of fused-ring (bicyclic) bond motifs is 1. The predicted octanol–water partition coefficient (Wildman–Crippen LogP) is 2.03. The number of hydrogen-bond acceptors (Lipinski definition) is 6. The van der Waals surface area contributed by atoms with E-state index >= 15 is 4.39 Å². The highest BCUT2D eigenvalue weighted by Gasteiger charge is 2.39. The number of anilines is 1. The van der Waals surface area contributed by atoms with Gasteiger partial charge in [0.15, 0.2) is 0 Å². The maximum Gasteiger partial charge on any atom is 0.255 e. The molecule has 0 aromatic heterocycles. The van der Waals surface area contributed by atoms with Crippen LogP contribution in [0.5, 0.6) is 0 Å². The molecule has 2 fully saturated rings. The fraction of sp³-hybridized carbons (Fsp3) is 0.400. The number of rotatable bonds is 6. The molecule has 9 heteroatoms. The largest absolute Gasteiger partial charge is 0.381 e. The number of benzene rings is 2. The Morgan fingerprint density at radius 2 is 2.06 bits per heavy atom. The summed E-state index contributed by atoms with van der Waals surface area (Å²) in [5.74, 6) is -4.84. The Labute approximate surface area is 206 Å². The van der Waals surface area contributed by atoms with Crippen LogP contribution in [0.25, 0.3) is 0 Å². The molecule has 2 aromatic carbocycles. The summed E-state index contributed by atoms with van der Waals surface area (Å²) in [6.07, 6.45) is -6.76. The average Bonchev–Trinajstić information content (AvgIpc) is 3.25. The summed E-state index contributed by atoms with van der Waals surface area (Å²) in [5, 5.41) is 4.24. The highest BCUT2D eigenvalue weighted by Crippen LogP contribution is 2.32. The van der Waals surface area contributed by atoms with Crippen LogP contribution in [0.1, 0.15) is 49.4 Å². The zero-order chi connectivity index (χ0) is 30.0. The summed E-state index contributed by atoms with van der Waals surface area (Å²) in [7, 11) is 0. The summed E-state index contributed by atoms with van der Waals surface area (Å²) < 4.78 is 78.6. The second kappa shape index (κ2) is 9.52. The lowest BCUT2D eigenvalue weighted by atomic mass is 10.0. The van der Waals surface area contributed by atoms with E-state index in [2.05, 4.69) is 10.2 Å². The minimum absolute atomic E-state index is 0.0274. The van der Waals surface area contributed by atoms with Crippen molar-refractivity contribution in [2.75, 3.05) is 31.6 Å². The van der Waals surface area contributed by atoms with E-state index in [1.807, 2.05) is 0 Å². The van der Waals surface area contributed by atoms with Gasteiger partial charge in [0.1, 0.15) is 11.8 Å². The maximum atomic E-state index is 15.2. The van der Waals surface area contributed by atoms with Gasteiger partial charge in [0.2, 0.25) is 11.8 Å². The third kappa shape index (κ3) is 4.53. The number of nitrogens with one attached hydrogen (secondary N) is 2. The molecule has 0 radical (unpaired) electrons. The molecule has 1 atom stereocenters. The van der Waals surface area contributed by atoms with Crippen LogP contribution >= 0.6 is 0 Å². The highest BCUT2D eigenvalue weighted by molar-refractivity contribution is 6.06. The van der Waals surface area contributed by atoms with E-state index in [9.17, 15) is 14.4 Å². The van der Waals surface area contributed by atoms with Gasteiger partial charge < -0.3 is 15.0 Å². The van der Waals surface area contributed by atoms with Crippen LogP contribution in [-0.2, 0) is 33.9 Å². The normalized spacial score (nSPS) is 29.5. The van der Waals surface area contributed by atoms with Crippen LogP contribution < -0.4 is 10.6 Å². The van der Waals surface area contributed by atoms with Gasteiger partial charge in [0.05, 0.1) is 17.3 Å². The number of ether oxygens (including phenoxy) is 1. The Morgan fingerprint density at radius 1 is 1.24 bits per heavy atom. The molecule has 0 spiro atoms. The molecule has 0 unspecified atom stereocenters. The fourth-order valence-corrected chi connectivity index (χ4v) is 4.10. The lowest BCUT2D eigenvalue weighted by molar-refractivity contribution is -0.136. The van der Waals surface area contributed by atoms with Gasteiger partial charge in [-0.25, -0.2) is 4.39 Å². The van der Waals surface area contributed by atoms with E-state index in [0.717, 1.165) is 0 Å². The monoisotopic (exact) mass is 473 g/mol. The number of amides is 3. The lowest BCUT2D eigenvalue weighted by Gasteiger charge is -2.29. The van der Waals surface area contributed by atoms with Gasteiger partial charge >= 0.3 is 0 Å². The summed E-state index contributed by atoms with van der Waals surface area (Å²) in [6, 6.07) is 5.18. The first-order valence-corrected chi connectivity index (χ1v) is 10.8. The van der Waals surface area contributed by atoms with Crippen molar-refractivity contribution in [3.63, 3.8) is 0 Å². The molecule has 3 aliphatic heterocycles. The maximum absolute atomic E-state index is 15.2. The Bertz CT molecular complexity index is 1440. The molecule has 178 valence electrons. The van der Waals surface area contributed by atoms with Gasteiger partial charge in [-0.2, -0.15) is 0 Å². The fourth-order valence-electron chi connectivity index (χ4n) is 4.10. The van der Waals surface area contributed by atoms with Gasteiger partial charge in [-0.1, -0.05) is 18.2 Å². The van der Waals surface area contributed by atoms with Gasteiger partial charge in [-0.05, 0) is 30.1 Å². The Balaban J connectivity index is 1.42. The molecule has 0 bridgehead atoms. The molecular formula is C25H27FN4O4. The van der Waals surface area contributed by atoms with E-state index in [1.54, 1.807) is 11.4 Å². The summed E-state index contributed by atoms with van der Waals surface area (Å²) in [5.41, 5.74) is 0.399. The van der Waals surface area contributed by atoms with Crippen LogP contribution in [0.4, 0.5) is 10.1 Å². The molecule has 3 amide bonds. The minimum Gasteiger partial charge on any atom is -0.381 e. The molecule has 34 heavy (non-hydrogen) atoms. The first kappa shape index (κ1) is 15.6. The van der Waals surface area contributed by atoms with Crippen molar-refractivity contribution < 1.29 is 33.1 Å². The molecule has 0 aliphatic carbocycles. The molecule has 3 aliphatic rings. The van der Waals surface area contributed by atoms with Crippen LogP contribution in [0.15, 0.2) is 36.4 Å². The van der Waals surface area contributed by atoms with Crippen LogP contribution in [-0.4, -0.2) is 59.8 Å². The van der Waals surface area contributed by atoms with Crippen molar-refractivity contribution in [3.05, 3.63) is 64.5 Å². The summed E-state index contributed by atoms with van der Waals surface area (Å²) in [4.78, 5) is 40.7. The second-order valence-electron chi connectivity index (χ2n) is 8.06. The molecule has 2 aromatic rings. The number of carbonyl (C=O) groups excluding carboxylic acids is 3. The number of imide groups is 1. The number of halogens is 1. The van der Waals surface area contributed by atoms with E-state index in [-0.39, 0.29) is 22.4 Å². The lowest BCUT2D eigenvalue weighted by Crippen LogP contribution is -2.52. The number of morpholine rings is 1. The minimum atomic E-state index is -3.44. The van der Waals surface area contributed by atoms with Gasteiger partial charge in [-0.15, -0.1) is 0 Å². The van der Waals surface area contributed by atoms with E-state index in [4.69, 9.17) is 14.3 Å². The summed E-state index contributed by atoms with van der Waals surface area (Å²) >= 11 is 0. The van der Waals surface area contributed by atoms with E-state index in [0.29, 0.717) is 43.3 Å². The molecule has 2 N–H and O–H groups in total. The zero-order valence-electron chi connectivity index (χ0n) is 25.1. The third-order valence-electron chi connectivity index (χ3n) is 5.85. The molecule has 3 heterocycles. The first-order chi connectivity index (χ1) is 19.1. The highest BCUT2D eigenvalue weighted by atomic mass is 19.1. The first-order valence-electron chi connectivity index (χ1n) is 14.3. The van der Waals surface area contributed by atoms with Crippen molar-refractivity contribution in [2.45, 2.75) is 38.4 Å².